The molecule has 6 nitrogen and oxygen atoms in total. The van der Waals surface area contributed by atoms with Crippen LogP contribution in [0, 0.1) is 0 Å². The molecule has 0 saturated carbocycles. The minimum atomic E-state index is -3.82. The van der Waals surface area contributed by atoms with Crippen molar-refractivity contribution in [3.63, 3.8) is 0 Å². The van der Waals surface area contributed by atoms with Gasteiger partial charge in [0.05, 0.1) is 5.02 Å². The zero-order valence-corrected chi connectivity index (χ0v) is 18.8. The van der Waals surface area contributed by atoms with Crippen LogP contribution in [0.1, 0.15) is 63.7 Å². The van der Waals surface area contributed by atoms with Crippen molar-refractivity contribution < 1.29 is 13.2 Å². The second kappa shape index (κ2) is 9.57. The summed E-state index contributed by atoms with van der Waals surface area (Å²) in [6.45, 7) is 10.5. The van der Waals surface area contributed by atoms with Gasteiger partial charge in [-0.3, -0.25) is 4.79 Å². The van der Waals surface area contributed by atoms with E-state index in [0.29, 0.717) is 5.56 Å². The van der Waals surface area contributed by atoms with E-state index in [9.17, 15) is 13.2 Å². The van der Waals surface area contributed by atoms with Crippen molar-refractivity contribution in [3.8, 4) is 0 Å². The second-order valence-corrected chi connectivity index (χ2v) is 10.5. The molecule has 1 fully saturated rings. The van der Waals surface area contributed by atoms with Crippen molar-refractivity contribution in [1.29, 1.82) is 0 Å². The fourth-order valence-electron chi connectivity index (χ4n) is 3.26. The van der Waals surface area contributed by atoms with Crippen LogP contribution in [0.4, 0.5) is 0 Å². The Labute approximate surface area is 174 Å². The van der Waals surface area contributed by atoms with E-state index in [-0.39, 0.29) is 21.9 Å². The summed E-state index contributed by atoms with van der Waals surface area (Å²) in [5.74, 6) is -0.268. The standard InChI is InChI=1S/C20H32ClN3O3S/c1-5-6-11-24-12-9-16(10-13-24)22-19(25)15-7-8-17(21)18(14-15)28(26,27)23-20(2,3)4/h7-8,14,16,23H,5-6,9-13H2,1-4H3,(H,22,25). The number of nitrogens with zero attached hydrogens (tertiary/aromatic N) is 1. The molecule has 0 radical (unpaired) electrons. The number of piperidine rings is 1. The van der Waals surface area contributed by atoms with Gasteiger partial charge in [-0.2, -0.15) is 0 Å². The van der Waals surface area contributed by atoms with Gasteiger partial charge in [-0.05, 0) is 64.8 Å². The fourth-order valence-corrected chi connectivity index (χ4v) is 5.21. The van der Waals surface area contributed by atoms with Crippen LogP contribution < -0.4 is 10.0 Å². The predicted molar refractivity (Wildman–Crippen MR) is 113 cm³/mol. The molecule has 1 aliphatic heterocycles. The minimum absolute atomic E-state index is 0.0777. The molecule has 1 heterocycles. The molecule has 158 valence electrons. The summed E-state index contributed by atoms with van der Waals surface area (Å²) in [7, 11) is -3.82. The Morgan fingerprint density at radius 3 is 2.46 bits per heavy atom. The van der Waals surface area contributed by atoms with Gasteiger partial charge < -0.3 is 10.2 Å². The monoisotopic (exact) mass is 429 g/mol. The first-order valence-electron chi connectivity index (χ1n) is 9.88. The lowest BCUT2D eigenvalue weighted by molar-refractivity contribution is 0.0910. The molecule has 2 N–H and O–H groups in total. The Bertz CT molecular complexity index is 782. The van der Waals surface area contributed by atoms with Gasteiger partial charge in [-0.1, -0.05) is 24.9 Å². The maximum Gasteiger partial charge on any atom is 0.251 e. The maximum atomic E-state index is 12.7. The average Bonchev–Trinajstić information content (AvgIpc) is 2.59. The molecule has 1 aliphatic rings. The fraction of sp³-hybridized carbons (Fsp3) is 0.650. The van der Waals surface area contributed by atoms with Crippen LogP contribution in [0.15, 0.2) is 23.1 Å². The molecule has 8 heteroatoms. The molecule has 0 atom stereocenters. The number of hydrogen-bond acceptors (Lipinski definition) is 4. The number of nitrogens with one attached hydrogen (secondary N) is 2. The number of hydrogen-bond donors (Lipinski definition) is 2. The molecule has 0 unspecified atom stereocenters. The van der Waals surface area contributed by atoms with Crippen LogP contribution in [0.25, 0.3) is 0 Å². The third-order valence-corrected chi connectivity index (χ3v) is 6.91. The number of carbonyl (C=O) groups is 1. The van der Waals surface area contributed by atoms with Crippen molar-refractivity contribution in [1.82, 2.24) is 14.9 Å². The molecule has 1 saturated heterocycles. The van der Waals surface area contributed by atoms with Crippen molar-refractivity contribution in [2.45, 2.75) is 69.9 Å². The Balaban J connectivity index is 2.05. The topological polar surface area (TPSA) is 78.5 Å². The highest BCUT2D eigenvalue weighted by Crippen LogP contribution is 2.24. The summed E-state index contributed by atoms with van der Waals surface area (Å²) in [4.78, 5) is 15.0. The highest BCUT2D eigenvalue weighted by atomic mass is 35.5. The average molecular weight is 430 g/mol. The molecular weight excluding hydrogens is 398 g/mol. The lowest BCUT2D eigenvalue weighted by atomic mass is 10.0. The quantitative estimate of drug-likeness (QED) is 0.696. The number of halogens is 1. The van der Waals surface area contributed by atoms with Gasteiger partial charge in [0.25, 0.3) is 5.91 Å². The molecule has 0 aliphatic carbocycles. The zero-order valence-electron chi connectivity index (χ0n) is 17.2. The summed E-state index contributed by atoms with van der Waals surface area (Å²) in [6.07, 6.45) is 4.18. The number of rotatable bonds is 7. The van der Waals surface area contributed by atoms with Crippen LogP contribution in [0.3, 0.4) is 0 Å². The Morgan fingerprint density at radius 1 is 1.25 bits per heavy atom. The summed E-state index contributed by atoms with van der Waals surface area (Å²) in [5.41, 5.74) is -0.348. The molecular formula is C20H32ClN3O3S. The molecule has 0 bridgehead atoms. The number of likely N-dealkylation sites (tertiary alicyclic amines) is 1. The number of unbranched alkanes of at least 4 members (excludes halogenated alkanes) is 1. The molecule has 2 rings (SSSR count). The van der Waals surface area contributed by atoms with E-state index >= 15 is 0 Å². The van der Waals surface area contributed by atoms with Crippen molar-refractivity contribution in [2.75, 3.05) is 19.6 Å². The molecule has 0 spiro atoms. The van der Waals surface area contributed by atoms with Gasteiger partial charge in [0, 0.05) is 30.2 Å². The second-order valence-electron chi connectivity index (χ2n) is 8.44. The molecule has 1 aromatic rings. The highest BCUT2D eigenvalue weighted by molar-refractivity contribution is 7.89. The molecule has 1 amide bonds. The van der Waals surface area contributed by atoms with Gasteiger partial charge in [-0.25, -0.2) is 13.1 Å². The van der Waals surface area contributed by atoms with Crippen molar-refractivity contribution in [2.24, 2.45) is 0 Å². The maximum absolute atomic E-state index is 12.7. The molecule has 28 heavy (non-hydrogen) atoms. The van der Waals surface area contributed by atoms with E-state index in [1.807, 2.05) is 0 Å². The summed E-state index contributed by atoms with van der Waals surface area (Å²) in [6, 6.07) is 4.47. The first-order chi connectivity index (χ1) is 13.0. The Hall–Kier alpha value is -1.15. The Morgan fingerprint density at radius 2 is 1.89 bits per heavy atom. The van der Waals surface area contributed by atoms with Crippen LogP contribution in [-0.4, -0.2) is 50.4 Å². The summed E-state index contributed by atoms with van der Waals surface area (Å²) < 4.78 is 27.8. The lowest BCUT2D eigenvalue weighted by Crippen LogP contribution is -2.45. The molecule has 0 aromatic heterocycles. The van der Waals surface area contributed by atoms with Crippen LogP contribution in [-0.2, 0) is 10.0 Å². The van der Waals surface area contributed by atoms with Crippen LogP contribution >= 0.6 is 11.6 Å². The summed E-state index contributed by atoms with van der Waals surface area (Å²) in [5, 5.41) is 3.13. The minimum Gasteiger partial charge on any atom is -0.349 e. The SMILES string of the molecule is CCCCN1CCC(NC(=O)c2ccc(Cl)c(S(=O)(=O)NC(C)(C)C)c2)CC1. The number of sulfonamides is 1. The van der Waals surface area contributed by atoms with E-state index in [2.05, 4.69) is 21.9 Å². The van der Waals surface area contributed by atoms with Crippen molar-refractivity contribution >= 4 is 27.5 Å². The van der Waals surface area contributed by atoms with E-state index in [0.717, 1.165) is 32.5 Å². The Kier molecular flexibility index (Phi) is 7.90. The highest BCUT2D eigenvalue weighted by Gasteiger charge is 2.26. The molecule has 1 aromatic carbocycles. The van der Waals surface area contributed by atoms with Crippen LogP contribution in [0.2, 0.25) is 5.02 Å². The van der Waals surface area contributed by atoms with E-state index in [1.165, 1.54) is 25.0 Å². The normalized spacial score (nSPS) is 16.9. The lowest BCUT2D eigenvalue weighted by Gasteiger charge is -2.32. The smallest absolute Gasteiger partial charge is 0.251 e. The first-order valence-corrected chi connectivity index (χ1v) is 11.7. The van der Waals surface area contributed by atoms with Gasteiger partial charge in [-0.15, -0.1) is 0 Å². The summed E-state index contributed by atoms with van der Waals surface area (Å²) >= 11 is 6.11. The first kappa shape index (κ1) is 23.1. The van der Waals surface area contributed by atoms with Gasteiger partial charge in [0.1, 0.15) is 4.90 Å². The number of amides is 1. The largest absolute Gasteiger partial charge is 0.349 e. The van der Waals surface area contributed by atoms with E-state index < -0.39 is 15.6 Å². The van der Waals surface area contributed by atoms with Crippen LogP contribution in [0.5, 0.6) is 0 Å². The van der Waals surface area contributed by atoms with Gasteiger partial charge >= 0.3 is 0 Å². The zero-order chi connectivity index (χ0) is 20.9. The number of benzene rings is 1. The van der Waals surface area contributed by atoms with Gasteiger partial charge in [0.15, 0.2) is 0 Å². The van der Waals surface area contributed by atoms with E-state index in [4.69, 9.17) is 11.6 Å². The third kappa shape index (κ3) is 6.72. The van der Waals surface area contributed by atoms with Crippen molar-refractivity contribution in [3.05, 3.63) is 28.8 Å². The number of carbonyl (C=O) groups excluding carboxylic acids is 1. The van der Waals surface area contributed by atoms with E-state index in [1.54, 1.807) is 26.8 Å². The predicted octanol–water partition coefficient (Wildman–Crippen LogP) is 3.41. The third-order valence-electron chi connectivity index (χ3n) is 4.67. The van der Waals surface area contributed by atoms with Gasteiger partial charge in [0.2, 0.25) is 10.0 Å².